The molecule has 0 amide bonds. The normalized spacial score (nSPS) is 22.4. The standard InChI is InChI=1S/C21H17ClN6O2/c22-12-3-1-4-13(7-12)27-8-15-16(9-27)18(15)20-25-17(30-26-20)10-28-11-24-19-14(21(28)29)5-2-6-23-19/h1-7,11,15-16,18H,8-10H2/t15-,16+,18+. The Morgan fingerprint density at radius 3 is 2.83 bits per heavy atom. The molecule has 1 saturated heterocycles. The minimum absolute atomic E-state index is 0.173. The number of halogens is 1. The van der Waals surface area contributed by atoms with E-state index in [-0.39, 0.29) is 12.1 Å². The van der Waals surface area contributed by atoms with Crippen molar-refractivity contribution in [2.45, 2.75) is 12.5 Å². The molecule has 8 nitrogen and oxygen atoms in total. The quantitative estimate of drug-likeness (QED) is 0.501. The van der Waals surface area contributed by atoms with Crippen LogP contribution in [0.1, 0.15) is 17.6 Å². The third kappa shape index (κ3) is 2.87. The number of hydrogen-bond donors (Lipinski definition) is 0. The zero-order valence-electron chi connectivity index (χ0n) is 15.8. The van der Waals surface area contributed by atoms with E-state index in [2.05, 4.69) is 31.1 Å². The lowest BCUT2D eigenvalue weighted by atomic mass is 10.2. The number of rotatable bonds is 4. The van der Waals surface area contributed by atoms with Crippen LogP contribution in [-0.2, 0) is 6.54 Å². The molecule has 2 aliphatic rings. The predicted molar refractivity (Wildman–Crippen MR) is 111 cm³/mol. The summed E-state index contributed by atoms with van der Waals surface area (Å²) in [5, 5.41) is 5.41. The molecule has 0 spiro atoms. The van der Waals surface area contributed by atoms with Crippen LogP contribution in [0, 0.1) is 11.8 Å². The summed E-state index contributed by atoms with van der Waals surface area (Å²) in [5.41, 5.74) is 1.41. The van der Waals surface area contributed by atoms with Gasteiger partial charge >= 0.3 is 0 Å². The molecule has 4 aromatic rings. The van der Waals surface area contributed by atoms with Crippen LogP contribution in [0.2, 0.25) is 5.02 Å². The van der Waals surface area contributed by atoms with Crippen LogP contribution in [0.15, 0.2) is 58.2 Å². The number of aromatic nitrogens is 5. The Hall–Kier alpha value is -3.26. The highest BCUT2D eigenvalue weighted by Gasteiger charge is 2.58. The molecule has 2 fully saturated rings. The molecule has 0 N–H and O–H groups in total. The highest BCUT2D eigenvalue weighted by Crippen LogP contribution is 2.57. The van der Waals surface area contributed by atoms with Crippen molar-refractivity contribution in [3.05, 3.63) is 76.0 Å². The van der Waals surface area contributed by atoms with Gasteiger partial charge in [-0.3, -0.25) is 9.36 Å². The first-order chi connectivity index (χ1) is 14.7. The van der Waals surface area contributed by atoms with Gasteiger partial charge in [0, 0.05) is 35.9 Å². The Morgan fingerprint density at radius 2 is 2.00 bits per heavy atom. The van der Waals surface area contributed by atoms with Crippen LogP contribution >= 0.6 is 11.6 Å². The van der Waals surface area contributed by atoms with Gasteiger partial charge in [-0.15, -0.1) is 0 Å². The van der Waals surface area contributed by atoms with Gasteiger partial charge in [0.2, 0.25) is 5.89 Å². The summed E-state index contributed by atoms with van der Waals surface area (Å²) in [5.74, 6) is 2.49. The molecular weight excluding hydrogens is 404 g/mol. The van der Waals surface area contributed by atoms with Crippen LogP contribution in [0.3, 0.4) is 0 Å². The lowest BCUT2D eigenvalue weighted by Crippen LogP contribution is -2.23. The first-order valence-electron chi connectivity index (χ1n) is 9.80. The molecule has 3 aromatic heterocycles. The molecule has 0 unspecified atom stereocenters. The van der Waals surface area contributed by atoms with E-state index >= 15 is 0 Å². The van der Waals surface area contributed by atoms with E-state index in [1.165, 1.54) is 10.9 Å². The summed E-state index contributed by atoms with van der Waals surface area (Å²) < 4.78 is 6.90. The Bertz CT molecular complexity index is 1310. The molecular formula is C21H17ClN6O2. The van der Waals surface area contributed by atoms with Gasteiger partial charge in [0.15, 0.2) is 11.5 Å². The third-order valence-electron chi connectivity index (χ3n) is 6.05. The van der Waals surface area contributed by atoms with Gasteiger partial charge in [0.05, 0.1) is 5.39 Å². The average Bonchev–Trinajstić information content (AvgIpc) is 3.10. The van der Waals surface area contributed by atoms with Gasteiger partial charge in [-0.25, -0.2) is 9.97 Å². The van der Waals surface area contributed by atoms with E-state index in [9.17, 15) is 4.79 Å². The zero-order valence-corrected chi connectivity index (χ0v) is 16.6. The van der Waals surface area contributed by atoms with Crippen molar-refractivity contribution < 1.29 is 4.52 Å². The van der Waals surface area contributed by atoms with Gasteiger partial charge in [-0.1, -0.05) is 22.8 Å². The molecule has 4 heterocycles. The fraction of sp³-hybridized carbons (Fsp3) is 0.286. The summed E-state index contributed by atoms with van der Waals surface area (Å²) in [6.07, 6.45) is 3.08. The minimum Gasteiger partial charge on any atom is -0.371 e. The lowest BCUT2D eigenvalue weighted by molar-refractivity contribution is 0.363. The second-order valence-electron chi connectivity index (χ2n) is 7.84. The number of anilines is 1. The molecule has 3 atom stereocenters. The van der Waals surface area contributed by atoms with Crippen molar-refractivity contribution in [1.29, 1.82) is 0 Å². The second-order valence-corrected chi connectivity index (χ2v) is 8.27. The SMILES string of the molecule is O=c1c2cccnc2ncn1Cc1nc([C@H]2[C@@H]3CN(c4cccc(Cl)c4)C[C@@H]32)no1. The molecule has 0 bridgehead atoms. The van der Waals surface area contributed by atoms with E-state index in [1.54, 1.807) is 18.3 Å². The molecule has 0 radical (unpaired) electrons. The van der Waals surface area contributed by atoms with E-state index in [0.29, 0.717) is 34.7 Å². The molecule has 9 heteroatoms. The van der Waals surface area contributed by atoms with Gasteiger partial charge in [0.1, 0.15) is 12.9 Å². The maximum absolute atomic E-state index is 12.6. The predicted octanol–water partition coefficient (Wildman–Crippen LogP) is 2.73. The molecule has 150 valence electrons. The van der Waals surface area contributed by atoms with Gasteiger partial charge < -0.3 is 9.42 Å². The third-order valence-corrected chi connectivity index (χ3v) is 6.29. The summed E-state index contributed by atoms with van der Waals surface area (Å²) in [6, 6.07) is 11.4. The number of piperidine rings is 1. The maximum Gasteiger partial charge on any atom is 0.263 e. The number of nitrogens with zero attached hydrogens (tertiary/aromatic N) is 6. The Labute approximate surface area is 176 Å². The second kappa shape index (κ2) is 6.63. The van der Waals surface area contributed by atoms with Crippen molar-refractivity contribution in [1.82, 2.24) is 24.7 Å². The zero-order chi connectivity index (χ0) is 20.2. The molecule has 1 saturated carbocycles. The van der Waals surface area contributed by atoms with Gasteiger partial charge in [-0.05, 0) is 42.2 Å². The highest BCUT2D eigenvalue weighted by atomic mass is 35.5. The number of pyridine rings is 1. The monoisotopic (exact) mass is 420 g/mol. The smallest absolute Gasteiger partial charge is 0.263 e. The lowest BCUT2D eigenvalue weighted by Gasteiger charge is -2.21. The summed E-state index contributed by atoms with van der Waals surface area (Å²) in [6.45, 7) is 2.11. The van der Waals surface area contributed by atoms with Crippen LogP contribution < -0.4 is 10.5 Å². The van der Waals surface area contributed by atoms with Crippen molar-refractivity contribution >= 4 is 28.3 Å². The molecule has 1 aromatic carbocycles. The molecule has 1 aliphatic carbocycles. The number of fused-ring (bicyclic) bond motifs is 2. The van der Waals surface area contributed by atoms with Crippen molar-refractivity contribution in [2.24, 2.45) is 11.8 Å². The van der Waals surface area contributed by atoms with Crippen LogP contribution in [0.25, 0.3) is 11.0 Å². The molecule has 30 heavy (non-hydrogen) atoms. The average molecular weight is 421 g/mol. The first-order valence-corrected chi connectivity index (χ1v) is 10.2. The van der Waals surface area contributed by atoms with Gasteiger partial charge in [0.25, 0.3) is 5.56 Å². The summed E-state index contributed by atoms with van der Waals surface area (Å²) in [7, 11) is 0. The Balaban J connectivity index is 1.16. The number of benzene rings is 1. The largest absolute Gasteiger partial charge is 0.371 e. The van der Waals surface area contributed by atoms with Crippen LogP contribution in [-0.4, -0.2) is 37.8 Å². The fourth-order valence-electron chi connectivity index (χ4n) is 4.52. The molecule has 6 rings (SSSR count). The van der Waals surface area contributed by atoms with E-state index < -0.39 is 0 Å². The Kier molecular flexibility index (Phi) is 3.89. The van der Waals surface area contributed by atoms with Crippen LogP contribution in [0.4, 0.5) is 5.69 Å². The number of hydrogen-bond acceptors (Lipinski definition) is 7. The van der Waals surface area contributed by atoms with Gasteiger partial charge in [-0.2, -0.15) is 4.98 Å². The van der Waals surface area contributed by atoms with Crippen molar-refractivity contribution in [2.75, 3.05) is 18.0 Å². The van der Waals surface area contributed by atoms with Crippen molar-refractivity contribution in [3.63, 3.8) is 0 Å². The van der Waals surface area contributed by atoms with E-state index in [1.807, 2.05) is 18.2 Å². The summed E-state index contributed by atoms with van der Waals surface area (Å²) >= 11 is 6.12. The minimum atomic E-state index is -0.173. The summed E-state index contributed by atoms with van der Waals surface area (Å²) in [4.78, 5) is 27.9. The van der Waals surface area contributed by atoms with E-state index in [0.717, 1.165) is 29.6 Å². The fourth-order valence-corrected chi connectivity index (χ4v) is 4.70. The molecule has 1 aliphatic heterocycles. The Morgan fingerprint density at radius 1 is 1.13 bits per heavy atom. The highest BCUT2D eigenvalue weighted by molar-refractivity contribution is 6.30. The first kappa shape index (κ1) is 17.6. The van der Waals surface area contributed by atoms with E-state index in [4.69, 9.17) is 16.1 Å². The van der Waals surface area contributed by atoms with Crippen LogP contribution in [0.5, 0.6) is 0 Å². The van der Waals surface area contributed by atoms with Crippen molar-refractivity contribution in [3.8, 4) is 0 Å². The maximum atomic E-state index is 12.6. The topological polar surface area (TPSA) is 89.9 Å².